The summed E-state index contributed by atoms with van der Waals surface area (Å²) in [6.07, 6.45) is 111. The van der Waals surface area contributed by atoms with Crippen molar-refractivity contribution in [2.24, 2.45) is 0 Å². The third-order valence-corrected chi connectivity index (χ3v) is 19.2. The van der Waals surface area contributed by atoms with E-state index in [2.05, 4.69) is 132 Å². The number of ether oxygens (including phenoxy) is 5. The van der Waals surface area contributed by atoms with Gasteiger partial charge in [0.25, 0.3) is 0 Å². The highest BCUT2D eigenvalue weighted by molar-refractivity contribution is 5.68. The molecule has 680 valence electrons. The van der Waals surface area contributed by atoms with Crippen molar-refractivity contribution < 1.29 is 98.7 Å². The molecule has 5 aliphatic rings. The van der Waals surface area contributed by atoms with E-state index in [0.29, 0.717) is 106 Å². The van der Waals surface area contributed by atoms with Gasteiger partial charge in [0.2, 0.25) is 0 Å². The van der Waals surface area contributed by atoms with Crippen LogP contribution in [0.15, 0.2) is 255 Å². The van der Waals surface area contributed by atoms with Gasteiger partial charge in [0, 0.05) is 38.5 Å². The van der Waals surface area contributed by atoms with E-state index >= 15 is 0 Å². The lowest BCUT2D eigenvalue weighted by Gasteiger charge is -2.02. The molecule has 15 atom stereocenters. The van der Waals surface area contributed by atoms with Gasteiger partial charge in [-0.05, 0) is 186 Å². The average Bonchev–Trinajstić information content (AvgIpc) is 1.72. The first kappa shape index (κ1) is 111. The second-order valence-electron chi connectivity index (χ2n) is 30.0. The molecule has 10 N–H and O–H groups in total. The molecular formula is C102H152O20. The predicted octanol–water partition coefficient (Wildman–Crippen LogP) is 21.4. The number of hydrogen-bond acceptors (Lipinski definition) is 15. The van der Waals surface area contributed by atoms with E-state index in [1.165, 1.54) is 0 Å². The highest BCUT2D eigenvalue weighted by Crippen LogP contribution is 2.32. The lowest BCUT2D eigenvalue weighted by atomic mass is 10.1. The molecule has 20 heteroatoms. The highest BCUT2D eigenvalue weighted by Gasteiger charge is 2.39. The van der Waals surface area contributed by atoms with Gasteiger partial charge >= 0.3 is 29.8 Å². The van der Waals surface area contributed by atoms with Gasteiger partial charge in [-0.3, -0.25) is 24.0 Å². The van der Waals surface area contributed by atoms with Crippen molar-refractivity contribution in [2.75, 3.05) is 0 Å². The fourth-order valence-corrected chi connectivity index (χ4v) is 11.7. The van der Waals surface area contributed by atoms with Gasteiger partial charge in [-0.1, -0.05) is 290 Å². The standard InChI is InChI=1S/C22H32O4.4C20H30O4/c1-2-20-21(26-20)16-14-12-10-8-6-4-3-5-7-9-11-13-15-19(23)17-18-22(24)25;1-2-18-19(24-18)15-11-6-4-3-5-9-13-17(21)14-10-7-8-12-16-20(22)23;1-2-18-19(24-18)15-12-11-14-17(21)13-9-7-5-3-4-6-8-10-16-20(22)23;1-2-18-19(24-18)15-11-9-7-5-3-4-6-8-10-13-17(21)14-12-16-20(22)23;1-2-18-19(24-18)16-17(21)14-12-10-8-6-4-3-5-7-9-11-13-15-20(22)23/h3,5-6,8-9,11-15,19-21,23H,2,4,7,10,16-18H2,1H3,(H,24,25);3,5-7,9-11,13,17-19,21H,2,4,8,12,14-16H2,1H3,(H,22,23);4-7,9,11-13,17-19,21H,2-3,8,10,14-16H2,1H3,(H,22,23);3,5-6,8-11,13,17-19,21H,2,4,7,12,14-16H2,1H3,(H,22,23);3-4,7-10,12,14,17-19,21H,2,5-6,11,13,15-16H2,1H3,(H,22,23)/b5-3-,8-6-,11-9-,14-12-,15-13+;5-3-,10-7-,11-6-,13-9-;6-4-,7-5-,12-11-,13-9-;5-3-,8-6-,11-9-,13-10+;4-3-,9-7-,10-8-,14-12+. The number of carbonyl (C=O) groups is 5. The van der Waals surface area contributed by atoms with E-state index in [9.17, 15) is 49.5 Å². The molecule has 5 rings (SSSR count). The third kappa shape index (κ3) is 76.4. The van der Waals surface area contributed by atoms with Crippen LogP contribution in [0.2, 0.25) is 0 Å². The summed E-state index contributed by atoms with van der Waals surface area (Å²) in [6.45, 7) is 10.7. The van der Waals surface area contributed by atoms with Gasteiger partial charge in [0.05, 0.1) is 91.6 Å². The number of allylic oxidation sites excluding steroid dienone is 31. The molecule has 5 heterocycles. The summed E-state index contributed by atoms with van der Waals surface area (Å²) in [4.78, 5) is 51.7. The first-order chi connectivity index (χ1) is 59.2. The van der Waals surface area contributed by atoms with Crippen molar-refractivity contribution in [3.05, 3.63) is 255 Å². The number of aliphatic hydroxyl groups is 5. The van der Waals surface area contributed by atoms with Gasteiger partial charge in [-0.2, -0.15) is 0 Å². The Kier molecular flexibility index (Phi) is 71.7. The smallest absolute Gasteiger partial charge is 0.303 e. The monoisotopic (exact) mass is 1700 g/mol. The summed E-state index contributed by atoms with van der Waals surface area (Å²) >= 11 is 0. The molecule has 15 unspecified atom stereocenters. The Labute approximate surface area is 730 Å². The van der Waals surface area contributed by atoms with Crippen molar-refractivity contribution >= 4 is 29.8 Å². The van der Waals surface area contributed by atoms with Crippen LogP contribution in [-0.2, 0) is 47.7 Å². The molecule has 0 aromatic heterocycles. The molecular weight excluding hydrogens is 1550 g/mol. The Hall–Kier alpha value is -8.51. The molecule has 0 aromatic carbocycles. The van der Waals surface area contributed by atoms with Crippen LogP contribution in [0.25, 0.3) is 0 Å². The van der Waals surface area contributed by atoms with Crippen LogP contribution < -0.4 is 0 Å². The maximum atomic E-state index is 10.4. The Morgan fingerprint density at radius 2 is 0.467 bits per heavy atom. The van der Waals surface area contributed by atoms with Crippen molar-refractivity contribution in [3.8, 4) is 0 Å². The lowest BCUT2D eigenvalue weighted by Crippen LogP contribution is -2.07. The van der Waals surface area contributed by atoms with Crippen molar-refractivity contribution in [2.45, 2.75) is 351 Å². The first-order valence-corrected chi connectivity index (χ1v) is 44.7. The number of carboxylic acids is 5. The van der Waals surface area contributed by atoms with Crippen LogP contribution >= 0.6 is 0 Å². The van der Waals surface area contributed by atoms with Gasteiger partial charge < -0.3 is 74.7 Å². The summed E-state index contributed by atoms with van der Waals surface area (Å²) < 4.78 is 27.3. The molecule has 0 aromatic rings. The average molecular weight is 1700 g/mol. The Balaban J connectivity index is 0.000000763. The number of hydrogen-bond donors (Lipinski definition) is 10. The second-order valence-corrected chi connectivity index (χ2v) is 30.0. The normalized spacial score (nSPS) is 22.1. The van der Waals surface area contributed by atoms with E-state index < -0.39 is 60.4 Å². The number of unbranched alkanes of at least 4 members (excludes halogenated alkanes) is 3. The molecule has 5 saturated heterocycles. The molecule has 122 heavy (non-hydrogen) atoms. The van der Waals surface area contributed by atoms with Crippen molar-refractivity contribution in [1.29, 1.82) is 0 Å². The minimum absolute atomic E-state index is 0.0183. The van der Waals surface area contributed by atoms with E-state index in [1.54, 1.807) is 42.5 Å². The van der Waals surface area contributed by atoms with Gasteiger partial charge in [0.1, 0.15) is 0 Å². The SMILES string of the molecule is CCC1OC1C/C=C\C/C=C\C/C=C\C/C=C\C=C\C(O)CCC(=O)O.CCC1OC1C/C=C\C/C=C\C/C=C\C=C\C(O)CCCC(=O)O.CCC1OC1C/C=C\C/C=C\C=C/C(O)C/C=C\CCCC(=O)O.CCC1OC1C/C=C\CC(O)/C=C\C=C/C/C=C\CCCC(=O)O.CCC1OC1CC(O)/C=C/C=C\C/C=C\C/C=C\CCCC(=O)O. The third-order valence-electron chi connectivity index (χ3n) is 19.2. The minimum atomic E-state index is -0.888. The molecule has 0 bridgehead atoms. The zero-order chi connectivity index (χ0) is 89.5. The van der Waals surface area contributed by atoms with Crippen LogP contribution in [0.4, 0.5) is 0 Å². The van der Waals surface area contributed by atoms with Crippen LogP contribution in [0.5, 0.6) is 0 Å². The molecule has 0 radical (unpaired) electrons. The summed E-state index contributed by atoms with van der Waals surface area (Å²) in [6, 6.07) is 0. The summed E-state index contributed by atoms with van der Waals surface area (Å²) in [7, 11) is 0. The summed E-state index contributed by atoms with van der Waals surface area (Å²) in [5.41, 5.74) is 0. The van der Waals surface area contributed by atoms with Crippen LogP contribution in [0.1, 0.15) is 259 Å². The number of carboxylic acid groups (broad SMARTS) is 5. The van der Waals surface area contributed by atoms with Gasteiger partial charge in [-0.25, -0.2) is 0 Å². The van der Waals surface area contributed by atoms with Crippen LogP contribution in [0.3, 0.4) is 0 Å². The molecule has 5 fully saturated rings. The Bertz CT molecular complexity index is 3400. The predicted molar refractivity (Wildman–Crippen MR) is 493 cm³/mol. The van der Waals surface area contributed by atoms with E-state index in [1.807, 2.05) is 115 Å². The zero-order valence-electron chi connectivity index (χ0n) is 73.7. The molecule has 0 aliphatic carbocycles. The molecule has 0 saturated carbocycles. The van der Waals surface area contributed by atoms with Gasteiger partial charge in [-0.15, -0.1) is 0 Å². The maximum absolute atomic E-state index is 10.4. The first-order valence-electron chi connectivity index (χ1n) is 44.7. The fourth-order valence-electron chi connectivity index (χ4n) is 11.7. The molecule has 20 nitrogen and oxygen atoms in total. The molecule has 5 aliphatic heterocycles. The Morgan fingerprint density at radius 3 is 0.762 bits per heavy atom. The topological polar surface area (TPSA) is 350 Å². The van der Waals surface area contributed by atoms with E-state index in [0.717, 1.165) is 135 Å². The Morgan fingerprint density at radius 1 is 0.238 bits per heavy atom. The van der Waals surface area contributed by atoms with Crippen molar-refractivity contribution in [3.63, 3.8) is 0 Å². The van der Waals surface area contributed by atoms with Crippen molar-refractivity contribution in [1.82, 2.24) is 0 Å². The fraction of sp³-hybridized carbons (Fsp3) is 0.539. The van der Waals surface area contributed by atoms with E-state index in [4.69, 9.17) is 49.2 Å². The largest absolute Gasteiger partial charge is 0.481 e. The second kappa shape index (κ2) is 78.5. The van der Waals surface area contributed by atoms with Gasteiger partial charge in [0.15, 0.2) is 0 Å². The lowest BCUT2D eigenvalue weighted by molar-refractivity contribution is -0.138. The summed E-state index contributed by atoms with van der Waals surface area (Å²) in [5.74, 6) is -3.95. The number of rotatable bonds is 66. The maximum Gasteiger partial charge on any atom is 0.303 e. The molecule has 0 spiro atoms. The number of aliphatic hydroxyl groups excluding tert-OH is 5. The highest BCUT2D eigenvalue weighted by atomic mass is 16.6. The quantitative estimate of drug-likeness (QED) is 0.0117. The van der Waals surface area contributed by atoms with E-state index in [-0.39, 0.29) is 44.6 Å². The zero-order valence-corrected chi connectivity index (χ0v) is 73.7. The number of epoxide rings is 5. The number of aliphatic carboxylic acids is 5. The molecule has 0 amide bonds. The minimum Gasteiger partial charge on any atom is -0.481 e. The van der Waals surface area contributed by atoms with Crippen LogP contribution in [-0.4, -0.2) is 172 Å². The van der Waals surface area contributed by atoms with Crippen LogP contribution in [0, 0.1) is 0 Å². The summed E-state index contributed by atoms with van der Waals surface area (Å²) in [5, 5.41) is 91.0.